The predicted octanol–water partition coefficient (Wildman–Crippen LogP) is 5.62. The summed E-state index contributed by atoms with van der Waals surface area (Å²) in [5.74, 6) is 0.892. The largest absolute Gasteiger partial charge is 0.392 e. The number of nitrogens with two attached hydrogens (primary N) is 1. The van der Waals surface area contributed by atoms with Gasteiger partial charge in [0.05, 0.1) is 18.8 Å². The third-order valence-electron chi connectivity index (χ3n) is 6.96. The van der Waals surface area contributed by atoms with Crippen LogP contribution in [0.25, 0.3) is 11.1 Å². The highest BCUT2D eigenvalue weighted by Crippen LogP contribution is 2.43. The molecule has 1 aliphatic rings. The average Bonchev–Trinajstić information content (AvgIpc) is 3.37. The highest BCUT2D eigenvalue weighted by molar-refractivity contribution is 7.99. The lowest BCUT2D eigenvalue weighted by Gasteiger charge is -2.41. The van der Waals surface area contributed by atoms with E-state index in [-0.39, 0.29) is 24.7 Å². The minimum Gasteiger partial charge on any atom is -0.392 e. The van der Waals surface area contributed by atoms with Crippen molar-refractivity contribution in [1.82, 2.24) is 9.55 Å². The number of aliphatic hydroxyl groups excluding tert-OH is 1. The van der Waals surface area contributed by atoms with Crippen molar-refractivity contribution < 1.29 is 14.6 Å². The highest BCUT2D eigenvalue weighted by Gasteiger charge is 2.38. The van der Waals surface area contributed by atoms with E-state index in [2.05, 4.69) is 48.3 Å². The van der Waals surface area contributed by atoms with Gasteiger partial charge < -0.3 is 24.9 Å². The van der Waals surface area contributed by atoms with E-state index >= 15 is 0 Å². The second kappa shape index (κ2) is 11.6. The van der Waals surface area contributed by atoms with E-state index in [0.717, 1.165) is 44.3 Å². The van der Waals surface area contributed by atoms with Crippen LogP contribution < -0.4 is 5.73 Å². The van der Waals surface area contributed by atoms with Gasteiger partial charge in [0.1, 0.15) is 0 Å². The molecular weight excluding hydrogens is 482 g/mol. The van der Waals surface area contributed by atoms with Gasteiger partial charge in [-0.1, -0.05) is 85.4 Å². The SMILES string of the molecule is C[C@@H]1[C@H](CSc2nccn2C)O[C@H](c2ccc(-c3cccc(CN)c3)cc2)O[C@@H]1c1ccc(CO)cc1. The monoisotopic (exact) mass is 515 g/mol. The summed E-state index contributed by atoms with van der Waals surface area (Å²) in [6.07, 6.45) is 3.10. The molecule has 4 atom stereocenters. The van der Waals surface area contributed by atoms with Crippen molar-refractivity contribution in [2.75, 3.05) is 5.75 Å². The molecule has 0 saturated carbocycles. The number of nitrogens with zero attached hydrogens (tertiary/aromatic N) is 2. The number of ether oxygens (including phenoxy) is 2. The van der Waals surface area contributed by atoms with Crippen molar-refractivity contribution in [3.8, 4) is 11.1 Å². The standard InChI is InChI=1S/C30H33N3O3S/c1-20-27(19-37-30-32-14-15-33(30)2)35-29(36-28(20)24-8-6-21(18-34)7-9-24)25-12-10-23(11-13-25)26-5-3-4-22(16-26)17-31/h3-16,20,27-29,34H,17-19,31H2,1-2H3/t20-,27+,28+,29+/m1/s1. The van der Waals surface area contributed by atoms with Crippen LogP contribution in [0, 0.1) is 5.92 Å². The van der Waals surface area contributed by atoms with E-state index in [0.29, 0.717) is 6.54 Å². The van der Waals surface area contributed by atoms with E-state index in [9.17, 15) is 5.11 Å². The summed E-state index contributed by atoms with van der Waals surface area (Å²) in [7, 11) is 2.00. The Morgan fingerprint density at radius 2 is 1.70 bits per heavy atom. The molecule has 0 bridgehead atoms. The number of aromatic nitrogens is 2. The van der Waals surface area contributed by atoms with Crippen LogP contribution in [0.5, 0.6) is 0 Å². The number of imidazole rings is 1. The third-order valence-corrected chi connectivity index (χ3v) is 8.10. The zero-order chi connectivity index (χ0) is 25.8. The topological polar surface area (TPSA) is 82.5 Å². The van der Waals surface area contributed by atoms with E-state index in [1.807, 2.05) is 60.4 Å². The maximum atomic E-state index is 9.47. The van der Waals surface area contributed by atoms with E-state index in [1.165, 1.54) is 0 Å². The van der Waals surface area contributed by atoms with Gasteiger partial charge in [-0.25, -0.2) is 4.98 Å². The minimum atomic E-state index is -0.491. The van der Waals surface area contributed by atoms with Crippen LogP contribution in [0.15, 0.2) is 90.3 Å². The zero-order valence-corrected chi connectivity index (χ0v) is 22.0. The first-order valence-electron chi connectivity index (χ1n) is 12.6. The molecule has 3 aromatic carbocycles. The van der Waals surface area contributed by atoms with Crippen LogP contribution >= 0.6 is 11.8 Å². The Balaban J connectivity index is 1.40. The Morgan fingerprint density at radius 3 is 2.38 bits per heavy atom. The van der Waals surface area contributed by atoms with Crippen LogP contribution in [0.2, 0.25) is 0 Å². The Kier molecular flexibility index (Phi) is 8.08. The molecule has 1 fully saturated rings. The van der Waals surface area contributed by atoms with Crippen LogP contribution in [-0.4, -0.2) is 26.5 Å². The first-order valence-corrected chi connectivity index (χ1v) is 13.5. The fraction of sp³-hybridized carbons (Fsp3) is 0.300. The van der Waals surface area contributed by atoms with Crippen molar-refractivity contribution in [1.29, 1.82) is 0 Å². The first kappa shape index (κ1) is 25.7. The average molecular weight is 516 g/mol. The smallest absolute Gasteiger partial charge is 0.184 e. The van der Waals surface area contributed by atoms with E-state index < -0.39 is 6.29 Å². The molecule has 0 spiro atoms. The number of hydrogen-bond acceptors (Lipinski definition) is 6. The summed E-state index contributed by atoms with van der Waals surface area (Å²) in [5.41, 5.74) is 12.2. The zero-order valence-electron chi connectivity index (χ0n) is 21.2. The van der Waals surface area contributed by atoms with Crippen molar-refractivity contribution in [3.63, 3.8) is 0 Å². The molecule has 1 saturated heterocycles. The van der Waals surface area contributed by atoms with Gasteiger partial charge in [-0.2, -0.15) is 0 Å². The second-order valence-corrected chi connectivity index (χ2v) is 10.5. The molecule has 4 aromatic rings. The van der Waals surface area contributed by atoms with Gasteiger partial charge in [-0.3, -0.25) is 0 Å². The molecule has 0 unspecified atom stereocenters. The summed E-state index contributed by atoms with van der Waals surface area (Å²) in [5, 5.41) is 10.4. The van der Waals surface area contributed by atoms with Crippen molar-refractivity contribution >= 4 is 11.8 Å². The molecule has 1 aliphatic heterocycles. The number of aryl methyl sites for hydroxylation is 1. The Labute approximate surface area is 222 Å². The number of aliphatic hydroxyl groups is 1. The number of hydrogen-bond donors (Lipinski definition) is 2. The molecule has 0 aliphatic carbocycles. The molecule has 2 heterocycles. The van der Waals surface area contributed by atoms with Crippen LogP contribution in [-0.2, 0) is 29.7 Å². The van der Waals surface area contributed by atoms with Gasteiger partial charge in [0.25, 0.3) is 0 Å². The third kappa shape index (κ3) is 5.81. The molecule has 7 heteroatoms. The van der Waals surface area contributed by atoms with Gasteiger partial charge in [0, 0.05) is 43.2 Å². The summed E-state index contributed by atoms with van der Waals surface area (Å²) < 4.78 is 15.2. The second-order valence-electron chi connectivity index (χ2n) is 9.48. The van der Waals surface area contributed by atoms with Gasteiger partial charge in [-0.15, -0.1) is 0 Å². The van der Waals surface area contributed by atoms with Crippen LogP contribution in [0.3, 0.4) is 0 Å². The fourth-order valence-corrected chi connectivity index (χ4v) is 5.76. The van der Waals surface area contributed by atoms with Gasteiger partial charge in [0.15, 0.2) is 11.4 Å². The van der Waals surface area contributed by atoms with Gasteiger partial charge >= 0.3 is 0 Å². The van der Waals surface area contributed by atoms with Crippen LogP contribution in [0.1, 0.15) is 41.6 Å². The maximum absolute atomic E-state index is 9.47. The highest BCUT2D eigenvalue weighted by atomic mass is 32.2. The molecule has 3 N–H and O–H groups in total. The Bertz CT molecular complexity index is 1310. The van der Waals surface area contributed by atoms with Crippen molar-refractivity contribution in [2.24, 2.45) is 18.7 Å². The lowest BCUT2D eigenvalue weighted by Crippen LogP contribution is -2.38. The maximum Gasteiger partial charge on any atom is 0.184 e. The lowest BCUT2D eigenvalue weighted by atomic mass is 9.91. The summed E-state index contributed by atoms with van der Waals surface area (Å²) >= 11 is 1.70. The first-order chi connectivity index (χ1) is 18.1. The number of benzene rings is 3. The number of rotatable bonds is 8. The minimum absolute atomic E-state index is 0.0244. The molecule has 192 valence electrons. The fourth-order valence-electron chi connectivity index (χ4n) is 4.67. The summed E-state index contributed by atoms with van der Waals surface area (Å²) in [4.78, 5) is 4.46. The van der Waals surface area contributed by atoms with Gasteiger partial charge in [-0.05, 0) is 33.9 Å². The molecule has 5 rings (SSSR count). The number of thioether (sulfide) groups is 1. The van der Waals surface area contributed by atoms with Crippen molar-refractivity contribution in [3.05, 3.63) is 107 Å². The predicted molar refractivity (Wildman–Crippen MR) is 147 cm³/mol. The quantitative estimate of drug-likeness (QED) is 0.296. The molecular formula is C30H33N3O3S. The lowest BCUT2D eigenvalue weighted by molar-refractivity contribution is -0.268. The van der Waals surface area contributed by atoms with Crippen molar-refractivity contribution in [2.45, 2.75) is 43.7 Å². The Hall–Kier alpha value is -2.94. The molecule has 0 amide bonds. The van der Waals surface area contributed by atoms with Crippen LogP contribution in [0.4, 0.5) is 0 Å². The van der Waals surface area contributed by atoms with E-state index in [4.69, 9.17) is 15.2 Å². The normalized spacial score (nSPS) is 21.7. The van der Waals surface area contributed by atoms with Gasteiger partial charge in [0.2, 0.25) is 0 Å². The summed E-state index contributed by atoms with van der Waals surface area (Å²) in [6, 6.07) is 24.7. The molecule has 0 radical (unpaired) electrons. The Morgan fingerprint density at radius 1 is 0.946 bits per heavy atom. The molecule has 37 heavy (non-hydrogen) atoms. The van der Waals surface area contributed by atoms with E-state index in [1.54, 1.807) is 11.8 Å². The summed E-state index contributed by atoms with van der Waals surface area (Å²) in [6.45, 7) is 2.72. The molecule has 6 nitrogen and oxygen atoms in total. The molecule has 1 aromatic heterocycles.